The van der Waals surface area contributed by atoms with Crippen LogP contribution in [0, 0.1) is 0 Å². The van der Waals surface area contributed by atoms with E-state index in [1.54, 1.807) is 0 Å². The molecule has 6 heteroatoms. The summed E-state index contributed by atoms with van der Waals surface area (Å²) in [5, 5.41) is 0. The normalized spacial score (nSPS) is 21.1. The first-order chi connectivity index (χ1) is 10.8. The monoisotopic (exact) mass is 319 g/mol. The molecule has 0 radical (unpaired) electrons. The number of rotatable bonds is 3. The van der Waals surface area contributed by atoms with Crippen molar-refractivity contribution in [3.8, 4) is 0 Å². The number of carbonyl (C=O) groups excluding carboxylic acids is 2. The number of amides is 2. The minimum Gasteiger partial charge on any atom is -0.444 e. The number of hydrogen-bond acceptors (Lipinski definition) is 4. The van der Waals surface area contributed by atoms with E-state index in [9.17, 15) is 9.59 Å². The van der Waals surface area contributed by atoms with Gasteiger partial charge in [-0.1, -0.05) is 30.3 Å². The van der Waals surface area contributed by atoms with Crippen molar-refractivity contribution in [2.75, 3.05) is 6.54 Å². The van der Waals surface area contributed by atoms with Gasteiger partial charge in [-0.15, -0.1) is 0 Å². The molecule has 0 aromatic heterocycles. The Balaban J connectivity index is 2.32. The lowest BCUT2D eigenvalue weighted by Crippen LogP contribution is -2.60. The maximum absolute atomic E-state index is 12.6. The van der Waals surface area contributed by atoms with E-state index in [2.05, 4.69) is 5.43 Å². The Bertz CT molecular complexity index is 568. The summed E-state index contributed by atoms with van der Waals surface area (Å²) in [6.45, 7) is 5.91. The van der Waals surface area contributed by atoms with Crippen molar-refractivity contribution in [1.29, 1.82) is 0 Å². The number of hydrazine groups is 1. The van der Waals surface area contributed by atoms with Gasteiger partial charge in [0.25, 0.3) is 5.91 Å². The molecule has 23 heavy (non-hydrogen) atoms. The van der Waals surface area contributed by atoms with E-state index in [-0.39, 0.29) is 5.91 Å². The van der Waals surface area contributed by atoms with Crippen molar-refractivity contribution in [3.63, 3.8) is 0 Å². The zero-order valence-electron chi connectivity index (χ0n) is 14.0. The second kappa shape index (κ2) is 6.58. The number of nitrogens with zero attached hydrogens (tertiary/aromatic N) is 1. The molecule has 1 saturated heterocycles. The SMILES string of the molecule is CC(C)(C)OC(=O)N1CCCC1(Cc1ccccc1)C(=O)NN. The van der Waals surface area contributed by atoms with Gasteiger partial charge in [-0.25, -0.2) is 10.6 Å². The Morgan fingerprint density at radius 1 is 1.30 bits per heavy atom. The number of hydrogen-bond donors (Lipinski definition) is 2. The number of ether oxygens (including phenoxy) is 1. The summed E-state index contributed by atoms with van der Waals surface area (Å²) in [4.78, 5) is 26.6. The first-order valence-electron chi connectivity index (χ1n) is 7.84. The molecule has 1 unspecified atom stereocenters. The fourth-order valence-corrected chi connectivity index (χ4v) is 3.03. The third-order valence-corrected chi connectivity index (χ3v) is 4.00. The highest BCUT2D eigenvalue weighted by Gasteiger charge is 2.50. The number of carbonyl (C=O) groups is 2. The van der Waals surface area contributed by atoms with Crippen LogP contribution in [0.1, 0.15) is 39.2 Å². The highest BCUT2D eigenvalue weighted by atomic mass is 16.6. The molecule has 0 spiro atoms. The smallest absolute Gasteiger partial charge is 0.411 e. The van der Waals surface area contributed by atoms with Crippen LogP contribution in [-0.4, -0.2) is 34.6 Å². The van der Waals surface area contributed by atoms with Crippen LogP contribution >= 0.6 is 0 Å². The third-order valence-electron chi connectivity index (χ3n) is 4.00. The maximum Gasteiger partial charge on any atom is 0.411 e. The summed E-state index contributed by atoms with van der Waals surface area (Å²) in [7, 11) is 0. The quantitative estimate of drug-likeness (QED) is 0.507. The number of benzene rings is 1. The average molecular weight is 319 g/mol. The molecule has 126 valence electrons. The van der Waals surface area contributed by atoms with Gasteiger partial charge in [0.1, 0.15) is 11.1 Å². The molecule has 3 N–H and O–H groups in total. The van der Waals surface area contributed by atoms with Crippen LogP contribution in [0.4, 0.5) is 4.79 Å². The van der Waals surface area contributed by atoms with Crippen LogP contribution in [0.15, 0.2) is 30.3 Å². The Morgan fingerprint density at radius 3 is 2.52 bits per heavy atom. The molecule has 1 atom stereocenters. The summed E-state index contributed by atoms with van der Waals surface area (Å²) in [6.07, 6.45) is 1.23. The van der Waals surface area contributed by atoms with Crippen molar-refractivity contribution < 1.29 is 14.3 Å². The topological polar surface area (TPSA) is 84.7 Å². The Labute approximate surface area is 136 Å². The van der Waals surface area contributed by atoms with E-state index < -0.39 is 17.2 Å². The first kappa shape index (κ1) is 17.3. The van der Waals surface area contributed by atoms with Crippen molar-refractivity contribution >= 4 is 12.0 Å². The van der Waals surface area contributed by atoms with E-state index >= 15 is 0 Å². The molecule has 1 aliphatic heterocycles. The van der Waals surface area contributed by atoms with Crippen molar-refractivity contribution in [3.05, 3.63) is 35.9 Å². The van der Waals surface area contributed by atoms with Crippen molar-refractivity contribution in [2.24, 2.45) is 5.84 Å². The van der Waals surface area contributed by atoms with Crippen LogP contribution in [0.25, 0.3) is 0 Å². The van der Waals surface area contributed by atoms with Gasteiger partial charge < -0.3 is 4.74 Å². The predicted molar refractivity (Wildman–Crippen MR) is 87.4 cm³/mol. The molecular weight excluding hydrogens is 294 g/mol. The summed E-state index contributed by atoms with van der Waals surface area (Å²) in [6, 6.07) is 9.63. The lowest BCUT2D eigenvalue weighted by Gasteiger charge is -2.37. The molecule has 1 heterocycles. The van der Waals surface area contributed by atoms with Crippen LogP contribution in [-0.2, 0) is 16.0 Å². The van der Waals surface area contributed by atoms with E-state index in [0.717, 1.165) is 12.0 Å². The summed E-state index contributed by atoms with van der Waals surface area (Å²) < 4.78 is 5.48. The Kier molecular flexibility index (Phi) is 4.94. The van der Waals surface area contributed by atoms with Gasteiger partial charge in [0, 0.05) is 13.0 Å². The van der Waals surface area contributed by atoms with Crippen LogP contribution < -0.4 is 11.3 Å². The summed E-state index contributed by atoms with van der Waals surface area (Å²) >= 11 is 0. The minimum atomic E-state index is -1.00. The van der Waals surface area contributed by atoms with Crippen LogP contribution in [0.3, 0.4) is 0 Å². The van der Waals surface area contributed by atoms with Gasteiger partial charge in [0.15, 0.2) is 0 Å². The van der Waals surface area contributed by atoms with Gasteiger partial charge in [-0.2, -0.15) is 0 Å². The zero-order valence-corrected chi connectivity index (χ0v) is 14.0. The number of nitrogens with one attached hydrogen (secondary N) is 1. The van der Waals surface area contributed by atoms with E-state index in [4.69, 9.17) is 10.6 Å². The molecule has 6 nitrogen and oxygen atoms in total. The lowest BCUT2D eigenvalue weighted by atomic mass is 9.87. The van der Waals surface area contributed by atoms with Gasteiger partial charge in [-0.05, 0) is 39.2 Å². The molecular formula is C17H25N3O3. The molecule has 0 saturated carbocycles. The number of nitrogens with two attached hydrogens (primary N) is 1. The zero-order chi connectivity index (χ0) is 17.1. The summed E-state index contributed by atoms with van der Waals surface area (Å²) in [5.41, 5.74) is 1.59. The molecule has 0 aliphatic carbocycles. The fraction of sp³-hybridized carbons (Fsp3) is 0.529. The van der Waals surface area contributed by atoms with E-state index in [0.29, 0.717) is 19.4 Å². The molecule has 2 rings (SSSR count). The van der Waals surface area contributed by atoms with Gasteiger partial charge in [-0.3, -0.25) is 15.1 Å². The Morgan fingerprint density at radius 2 is 1.96 bits per heavy atom. The third kappa shape index (κ3) is 3.82. The van der Waals surface area contributed by atoms with Gasteiger partial charge in [0.05, 0.1) is 0 Å². The van der Waals surface area contributed by atoms with Crippen LogP contribution in [0.5, 0.6) is 0 Å². The van der Waals surface area contributed by atoms with E-state index in [1.807, 2.05) is 51.1 Å². The van der Waals surface area contributed by atoms with Crippen molar-refractivity contribution in [1.82, 2.24) is 10.3 Å². The minimum absolute atomic E-state index is 0.357. The second-order valence-electron chi connectivity index (χ2n) is 6.90. The van der Waals surface area contributed by atoms with E-state index in [1.165, 1.54) is 4.90 Å². The van der Waals surface area contributed by atoms with Crippen molar-refractivity contribution in [2.45, 2.75) is 51.2 Å². The average Bonchev–Trinajstić information content (AvgIpc) is 2.90. The number of likely N-dealkylation sites (tertiary alicyclic amines) is 1. The molecule has 0 bridgehead atoms. The second-order valence-corrected chi connectivity index (χ2v) is 6.90. The molecule has 1 aromatic rings. The Hall–Kier alpha value is -2.08. The predicted octanol–water partition coefficient (Wildman–Crippen LogP) is 1.99. The largest absolute Gasteiger partial charge is 0.444 e. The highest BCUT2D eigenvalue weighted by Crippen LogP contribution is 2.34. The van der Waals surface area contributed by atoms with Gasteiger partial charge in [0.2, 0.25) is 0 Å². The highest BCUT2D eigenvalue weighted by molar-refractivity contribution is 5.90. The fourth-order valence-electron chi connectivity index (χ4n) is 3.03. The first-order valence-corrected chi connectivity index (χ1v) is 7.84. The summed E-state index contributed by atoms with van der Waals surface area (Å²) in [5.74, 6) is 5.05. The molecule has 1 aliphatic rings. The molecule has 1 aromatic carbocycles. The van der Waals surface area contributed by atoms with Gasteiger partial charge >= 0.3 is 6.09 Å². The lowest BCUT2D eigenvalue weighted by molar-refractivity contribution is -0.132. The maximum atomic E-state index is 12.6. The van der Waals surface area contributed by atoms with Crippen LogP contribution in [0.2, 0.25) is 0 Å². The molecule has 2 amide bonds. The standard InChI is InChI=1S/C17H25N3O3/c1-16(2,3)23-15(22)20-11-7-10-17(20,14(21)19-18)12-13-8-5-4-6-9-13/h4-6,8-9H,7,10-12,18H2,1-3H3,(H,19,21). The molecule has 1 fully saturated rings.